The molecule has 1 amide bonds. The van der Waals surface area contributed by atoms with Crippen LogP contribution in [0.4, 0.5) is 5.69 Å². The quantitative estimate of drug-likeness (QED) is 0.470. The van der Waals surface area contributed by atoms with Gasteiger partial charge in [0, 0.05) is 35.5 Å². The van der Waals surface area contributed by atoms with Gasteiger partial charge in [-0.05, 0) is 50.6 Å². The molecule has 1 heterocycles. The molecule has 8 heteroatoms. The number of carbonyl (C=O) groups excluding carboxylic acids is 1. The second kappa shape index (κ2) is 8.77. The molecule has 3 rings (SSSR count). The van der Waals surface area contributed by atoms with E-state index < -0.39 is 4.92 Å². The molecule has 1 unspecified atom stereocenters. The number of amides is 1. The van der Waals surface area contributed by atoms with Gasteiger partial charge in [-0.3, -0.25) is 19.6 Å². The topological polar surface area (TPSA) is 99.3 Å². The fourth-order valence-corrected chi connectivity index (χ4v) is 3.19. The van der Waals surface area contributed by atoms with E-state index in [0.717, 1.165) is 16.8 Å². The molecule has 2 aromatic carbocycles. The number of ether oxygens (including phenoxy) is 1. The summed E-state index contributed by atoms with van der Waals surface area (Å²) < 4.78 is 7.52. The second-order valence-electron chi connectivity index (χ2n) is 7.20. The minimum atomic E-state index is -0.421. The van der Waals surface area contributed by atoms with Crippen molar-refractivity contribution in [2.45, 2.75) is 33.4 Å². The molecule has 0 radical (unpaired) electrons. The summed E-state index contributed by atoms with van der Waals surface area (Å²) in [5.41, 5.74) is 3.92. The maximum Gasteiger partial charge on any atom is 0.272 e. The predicted molar refractivity (Wildman–Crippen MR) is 112 cm³/mol. The molecule has 0 fully saturated rings. The van der Waals surface area contributed by atoms with Crippen molar-refractivity contribution in [2.24, 2.45) is 7.05 Å². The fraction of sp³-hybridized carbons (Fsp3) is 0.273. The molecule has 0 bridgehead atoms. The molecule has 3 aromatic rings. The van der Waals surface area contributed by atoms with E-state index >= 15 is 0 Å². The van der Waals surface area contributed by atoms with Crippen LogP contribution in [0, 0.1) is 24.0 Å². The first kappa shape index (κ1) is 21.0. The lowest BCUT2D eigenvalue weighted by Crippen LogP contribution is -2.27. The SMILES string of the molecule is Cc1cc(OCc2cccc(C(=O)NC(C)c3cnn(C)c3C)c2)ccc1[N+](=O)[O-]. The fourth-order valence-electron chi connectivity index (χ4n) is 3.19. The van der Waals surface area contributed by atoms with Gasteiger partial charge in [0.05, 0.1) is 17.2 Å². The summed E-state index contributed by atoms with van der Waals surface area (Å²) in [6.07, 6.45) is 1.76. The maximum absolute atomic E-state index is 12.7. The maximum atomic E-state index is 12.7. The lowest BCUT2D eigenvalue weighted by Gasteiger charge is -2.14. The molecule has 0 saturated heterocycles. The van der Waals surface area contributed by atoms with Crippen molar-refractivity contribution >= 4 is 11.6 Å². The first-order valence-electron chi connectivity index (χ1n) is 9.52. The van der Waals surface area contributed by atoms with Crippen LogP contribution in [-0.4, -0.2) is 20.6 Å². The Morgan fingerprint density at radius 1 is 1.27 bits per heavy atom. The molecular formula is C22H24N4O4. The van der Waals surface area contributed by atoms with E-state index in [4.69, 9.17) is 4.74 Å². The normalized spacial score (nSPS) is 11.7. The number of hydrogen-bond donors (Lipinski definition) is 1. The van der Waals surface area contributed by atoms with Crippen LogP contribution in [0.15, 0.2) is 48.7 Å². The first-order chi connectivity index (χ1) is 14.3. The number of carbonyl (C=O) groups is 1. The third-order valence-corrected chi connectivity index (χ3v) is 5.05. The Hall–Kier alpha value is -3.68. The highest BCUT2D eigenvalue weighted by atomic mass is 16.6. The van der Waals surface area contributed by atoms with E-state index in [0.29, 0.717) is 16.9 Å². The van der Waals surface area contributed by atoms with Gasteiger partial charge in [-0.25, -0.2) is 0 Å². The number of nitrogens with zero attached hydrogens (tertiary/aromatic N) is 3. The highest BCUT2D eigenvalue weighted by Gasteiger charge is 2.16. The van der Waals surface area contributed by atoms with Gasteiger partial charge in [-0.15, -0.1) is 0 Å². The standard InChI is InChI=1S/C22H24N4O4/c1-14-10-19(8-9-21(14)26(28)29)30-13-17-6-5-7-18(11-17)22(27)24-15(2)20-12-23-25(4)16(20)3/h5-12,15H,13H2,1-4H3,(H,24,27). The Bertz CT molecular complexity index is 1090. The number of aromatic nitrogens is 2. The van der Waals surface area contributed by atoms with E-state index in [9.17, 15) is 14.9 Å². The minimum Gasteiger partial charge on any atom is -0.489 e. The third-order valence-electron chi connectivity index (χ3n) is 5.05. The molecule has 1 atom stereocenters. The van der Waals surface area contributed by atoms with E-state index in [-0.39, 0.29) is 24.2 Å². The van der Waals surface area contributed by atoms with Gasteiger partial charge in [0.25, 0.3) is 11.6 Å². The molecule has 0 spiro atoms. The Morgan fingerprint density at radius 2 is 2.03 bits per heavy atom. The molecule has 0 aliphatic rings. The summed E-state index contributed by atoms with van der Waals surface area (Å²) in [6.45, 7) is 5.80. The van der Waals surface area contributed by atoms with Gasteiger partial charge in [0.2, 0.25) is 0 Å². The number of nitro benzene ring substituents is 1. The lowest BCUT2D eigenvalue weighted by atomic mass is 10.1. The highest BCUT2D eigenvalue weighted by Crippen LogP contribution is 2.24. The zero-order chi connectivity index (χ0) is 21.8. The number of benzene rings is 2. The van der Waals surface area contributed by atoms with E-state index in [1.807, 2.05) is 27.0 Å². The van der Waals surface area contributed by atoms with Gasteiger partial charge in [-0.1, -0.05) is 12.1 Å². The predicted octanol–water partition coefficient (Wildman–Crippen LogP) is 4.02. The summed E-state index contributed by atoms with van der Waals surface area (Å²) >= 11 is 0. The number of rotatable bonds is 7. The molecule has 156 valence electrons. The third kappa shape index (κ3) is 4.65. The van der Waals surface area contributed by atoms with Crippen LogP contribution in [-0.2, 0) is 13.7 Å². The molecule has 0 aliphatic heterocycles. The Morgan fingerprint density at radius 3 is 2.67 bits per heavy atom. The van der Waals surface area contributed by atoms with Gasteiger partial charge < -0.3 is 10.1 Å². The van der Waals surface area contributed by atoms with Crippen LogP contribution in [0.2, 0.25) is 0 Å². The van der Waals surface area contributed by atoms with Crippen LogP contribution in [0.25, 0.3) is 0 Å². The monoisotopic (exact) mass is 408 g/mol. The minimum absolute atomic E-state index is 0.0546. The van der Waals surface area contributed by atoms with Crippen molar-refractivity contribution in [3.63, 3.8) is 0 Å². The summed E-state index contributed by atoms with van der Waals surface area (Å²) in [6, 6.07) is 11.6. The molecule has 1 aromatic heterocycles. The zero-order valence-electron chi connectivity index (χ0n) is 17.4. The van der Waals surface area contributed by atoms with Crippen LogP contribution >= 0.6 is 0 Å². The highest BCUT2D eigenvalue weighted by molar-refractivity contribution is 5.94. The smallest absolute Gasteiger partial charge is 0.272 e. The largest absolute Gasteiger partial charge is 0.489 e. The van der Waals surface area contributed by atoms with E-state index in [1.165, 1.54) is 6.07 Å². The molecule has 0 aliphatic carbocycles. The number of hydrogen-bond acceptors (Lipinski definition) is 5. The van der Waals surface area contributed by atoms with Gasteiger partial charge >= 0.3 is 0 Å². The number of nitro groups is 1. The van der Waals surface area contributed by atoms with Crippen molar-refractivity contribution in [2.75, 3.05) is 0 Å². The molecule has 30 heavy (non-hydrogen) atoms. The van der Waals surface area contributed by atoms with Gasteiger partial charge in [0.1, 0.15) is 12.4 Å². The lowest BCUT2D eigenvalue weighted by molar-refractivity contribution is -0.385. The summed E-state index contributed by atoms with van der Waals surface area (Å²) in [5, 5.41) is 18.1. The number of aryl methyl sites for hydroxylation is 2. The Labute approximate surface area is 174 Å². The van der Waals surface area contributed by atoms with E-state index in [1.54, 1.807) is 48.1 Å². The van der Waals surface area contributed by atoms with E-state index in [2.05, 4.69) is 10.4 Å². The van der Waals surface area contributed by atoms with Crippen LogP contribution < -0.4 is 10.1 Å². The van der Waals surface area contributed by atoms with Crippen LogP contribution in [0.5, 0.6) is 5.75 Å². The number of nitrogens with one attached hydrogen (secondary N) is 1. The summed E-state index contributed by atoms with van der Waals surface area (Å²) in [5.74, 6) is 0.354. The Balaban J connectivity index is 1.65. The van der Waals surface area contributed by atoms with Crippen molar-refractivity contribution in [3.05, 3.63) is 86.7 Å². The van der Waals surface area contributed by atoms with Gasteiger partial charge in [0.15, 0.2) is 0 Å². The van der Waals surface area contributed by atoms with Crippen molar-refractivity contribution in [1.29, 1.82) is 0 Å². The van der Waals surface area contributed by atoms with Crippen molar-refractivity contribution in [1.82, 2.24) is 15.1 Å². The Kier molecular flexibility index (Phi) is 6.15. The molecular weight excluding hydrogens is 384 g/mol. The first-order valence-corrected chi connectivity index (χ1v) is 9.52. The van der Waals surface area contributed by atoms with Gasteiger partial charge in [-0.2, -0.15) is 5.10 Å². The summed E-state index contributed by atoms with van der Waals surface area (Å²) in [7, 11) is 1.86. The average molecular weight is 408 g/mol. The summed E-state index contributed by atoms with van der Waals surface area (Å²) in [4.78, 5) is 23.2. The van der Waals surface area contributed by atoms with Crippen molar-refractivity contribution < 1.29 is 14.5 Å². The molecule has 8 nitrogen and oxygen atoms in total. The zero-order valence-corrected chi connectivity index (χ0v) is 17.4. The molecule has 0 saturated carbocycles. The second-order valence-corrected chi connectivity index (χ2v) is 7.20. The van der Waals surface area contributed by atoms with Crippen LogP contribution in [0.3, 0.4) is 0 Å². The van der Waals surface area contributed by atoms with Crippen LogP contribution in [0.1, 0.15) is 45.7 Å². The molecule has 1 N–H and O–H groups in total. The van der Waals surface area contributed by atoms with Crippen molar-refractivity contribution in [3.8, 4) is 5.75 Å². The average Bonchev–Trinajstić information content (AvgIpc) is 3.05.